The number of thiophene rings is 2. The minimum absolute atomic E-state index is 0.455. The number of hydrogen-bond acceptors (Lipinski definition) is 9. The molecule has 8 aromatic rings. The van der Waals surface area contributed by atoms with Crippen LogP contribution in [-0.4, -0.2) is 30.1 Å². The fourth-order valence-corrected chi connectivity index (χ4v) is 9.26. The highest BCUT2D eigenvalue weighted by Crippen LogP contribution is 2.64. The van der Waals surface area contributed by atoms with Crippen molar-refractivity contribution in [3.8, 4) is 44.0 Å². The Bertz CT molecular complexity index is 2330. The first-order valence-corrected chi connectivity index (χ1v) is 17.3. The Morgan fingerprint density at radius 3 is 1.92 bits per heavy atom. The predicted molar refractivity (Wildman–Crippen MR) is 191 cm³/mol. The number of benzene rings is 3. The van der Waals surface area contributed by atoms with Crippen molar-refractivity contribution in [3.63, 3.8) is 0 Å². The van der Waals surface area contributed by atoms with Gasteiger partial charge < -0.3 is 0 Å². The molecule has 0 fully saturated rings. The number of hydrogen-bond donors (Lipinski definition) is 0. The van der Waals surface area contributed by atoms with Gasteiger partial charge in [0.15, 0.2) is 23.3 Å². The lowest BCUT2D eigenvalue weighted by molar-refractivity contribution is 0.738. The number of fused-ring (bicyclic) bond motifs is 9. The van der Waals surface area contributed by atoms with E-state index < -0.39 is 5.41 Å². The van der Waals surface area contributed by atoms with E-state index >= 15 is 0 Å². The maximum Gasteiger partial charge on any atom is 0.182 e. The average Bonchev–Trinajstić information content (AvgIpc) is 3.90. The summed E-state index contributed by atoms with van der Waals surface area (Å²) >= 11 is 3.63. The van der Waals surface area contributed by atoms with Crippen molar-refractivity contribution in [2.24, 2.45) is 0 Å². The van der Waals surface area contributed by atoms with Gasteiger partial charge in [-0.25, -0.2) is 15.0 Å². The van der Waals surface area contributed by atoms with Crippen LogP contribution in [0.3, 0.4) is 0 Å². The Morgan fingerprint density at radius 2 is 1.19 bits per heavy atom. The molecule has 0 bridgehead atoms. The van der Waals surface area contributed by atoms with Gasteiger partial charge in [0.25, 0.3) is 0 Å². The molecular formula is C39H23N7S2. The Balaban J connectivity index is 1.12. The monoisotopic (exact) mass is 653 g/mol. The van der Waals surface area contributed by atoms with Crippen LogP contribution < -0.4 is 4.90 Å². The molecule has 226 valence electrons. The van der Waals surface area contributed by atoms with E-state index in [4.69, 9.17) is 20.1 Å². The fraction of sp³-hybridized carbons (Fsp3) is 0.0256. The van der Waals surface area contributed by atoms with Gasteiger partial charge in [0.1, 0.15) is 5.69 Å². The lowest BCUT2D eigenvalue weighted by Gasteiger charge is -2.43. The molecule has 0 radical (unpaired) electrons. The van der Waals surface area contributed by atoms with Crippen LogP contribution in [0.4, 0.5) is 17.2 Å². The van der Waals surface area contributed by atoms with E-state index in [1.807, 2.05) is 77.4 Å². The number of rotatable bonds is 4. The standard InChI is InChI=1S/C39H23N7S2/c1-2-8-24(9-3-1)35-42-36(44-37(43-35)31-11-6-7-20-40-31)25-13-15-26(16-14-25)46-32-12-5-4-10-27(32)39(30-17-21-41-45-38(30)46)28-18-22-47-33(28)34-29(39)19-23-48-34/h1-23H. The van der Waals surface area contributed by atoms with E-state index in [-0.39, 0.29) is 0 Å². The summed E-state index contributed by atoms with van der Waals surface area (Å²) in [7, 11) is 0. The first kappa shape index (κ1) is 27.2. The van der Waals surface area contributed by atoms with Crippen molar-refractivity contribution >= 4 is 39.9 Å². The molecule has 0 atom stereocenters. The molecule has 0 N–H and O–H groups in total. The summed E-state index contributed by atoms with van der Waals surface area (Å²) in [4.78, 5) is 24.0. The minimum Gasteiger partial charge on any atom is -0.293 e. The van der Waals surface area contributed by atoms with E-state index in [0.717, 1.165) is 33.9 Å². The van der Waals surface area contributed by atoms with Gasteiger partial charge in [-0.15, -0.1) is 27.8 Å². The zero-order chi connectivity index (χ0) is 31.7. The zero-order valence-corrected chi connectivity index (χ0v) is 26.9. The first-order valence-electron chi connectivity index (χ1n) is 15.5. The summed E-state index contributed by atoms with van der Waals surface area (Å²) < 4.78 is 0. The highest BCUT2D eigenvalue weighted by atomic mass is 32.1. The predicted octanol–water partition coefficient (Wildman–Crippen LogP) is 9.33. The second kappa shape index (κ2) is 10.6. The van der Waals surface area contributed by atoms with E-state index in [1.165, 1.54) is 26.4 Å². The van der Waals surface area contributed by atoms with Crippen LogP contribution in [0, 0.1) is 0 Å². The van der Waals surface area contributed by atoms with Gasteiger partial charge in [-0.3, -0.25) is 9.88 Å². The van der Waals surface area contributed by atoms with Gasteiger partial charge in [-0.1, -0.05) is 54.6 Å². The molecule has 6 heterocycles. The molecule has 5 aromatic heterocycles. The molecule has 10 rings (SSSR count). The van der Waals surface area contributed by atoms with Crippen LogP contribution in [0.5, 0.6) is 0 Å². The summed E-state index contributed by atoms with van der Waals surface area (Å²) in [6.45, 7) is 0. The van der Waals surface area contributed by atoms with Gasteiger partial charge in [0, 0.05) is 38.3 Å². The van der Waals surface area contributed by atoms with Crippen LogP contribution in [0.15, 0.2) is 138 Å². The Kier molecular flexibility index (Phi) is 5.99. The SMILES string of the molecule is c1ccc(-c2nc(-c3ccc(N4c5ccccc5C5(c6ccnnc64)c4ccsc4-c4sccc45)cc3)nc(-c3ccccn3)n2)cc1. The fourth-order valence-electron chi connectivity index (χ4n) is 7.17. The van der Waals surface area contributed by atoms with Crippen molar-refractivity contribution in [2.75, 3.05) is 4.90 Å². The van der Waals surface area contributed by atoms with Crippen molar-refractivity contribution < 1.29 is 0 Å². The largest absolute Gasteiger partial charge is 0.293 e. The Labute approximate surface area is 284 Å². The van der Waals surface area contributed by atoms with Crippen molar-refractivity contribution in [1.82, 2.24) is 30.1 Å². The third-order valence-electron chi connectivity index (χ3n) is 9.16. The van der Waals surface area contributed by atoms with Crippen LogP contribution in [0.25, 0.3) is 44.0 Å². The smallest absolute Gasteiger partial charge is 0.182 e. The summed E-state index contributed by atoms with van der Waals surface area (Å²) in [6.07, 6.45) is 3.57. The van der Waals surface area contributed by atoms with E-state index in [1.54, 1.807) is 6.20 Å². The zero-order valence-electron chi connectivity index (χ0n) is 25.2. The second-order valence-electron chi connectivity index (χ2n) is 11.6. The third-order valence-corrected chi connectivity index (χ3v) is 11.1. The Hall–Kier alpha value is -5.90. The molecule has 1 aliphatic heterocycles. The second-order valence-corrected chi connectivity index (χ2v) is 13.5. The number of anilines is 3. The Morgan fingerprint density at radius 1 is 0.521 bits per heavy atom. The van der Waals surface area contributed by atoms with Crippen LogP contribution in [0.2, 0.25) is 0 Å². The maximum atomic E-state index is 4.91. The molecule has 1 spiro atoms. The highest BCUT2D eigenvalue weighted by molar-refractivity contribution is 7.21. The average molecular weight is 654 g/mol. The molecule has 0 unspecified atom stereocenters. The molecule has 0 saturated heterocycles. The molecule has 2 aliphatic rings. The maximum absolute atomic E-state index is 4.91. The van der Waals surface area contributed by atoms with Gasteiger partial charge >= 0.3 is 0 Å². The summed E-state index contributed by atoms with van der Waals surface area (Å²) in [5.41, 5.74) is 9.08. The topological polar surface area (TPSA) is 80.6 Å². The molecule has 0 amide bonds. The molecular weight excluding hydrogens is 631 g/mol. The van der Waals surface area contributed by atoms with Gasteiger partial charge in [-0.05, 0) is 88.1 Å². The lowest BCUT2D eigenvalue weighted by atomic mass is 9.66. The normalized spacial score (nSPS) is 13.5. The molecule has 7 nitrogen and oxygen atoms in total. The molecule has 1 aliphatic carbocycles. The van der Waals surface area contributed by atoms with Crippen LogP contribution >= 0.6 is 22.7 Å². The summed E-state index contributed by atoms with van der Waals surface area (Å²) in [5, 5.41) is 13.7. The van der Waals surface area contributed by atoms with Crippen molar-refractivity contribution in [3.05, 3.63) is 161 Å². The van der Waals surface area contributed by atoms with Gasteiger partial charge in [0.05, 0.1) is 17.3 Å². The highest BCUT2D eigenvalue weighted by Gasteiger charge is 2.53. The van der Waals surface area contributed by atoms with Crippen LogP contribution in [0.1, 0.15) is 22.3 Å². The van der Waals surface area contributed by atoms with Crippen LogP contribution in [-0.2, 0) is 5.41 Å². The van der Waals surface area contributed by atoms with Crippen molar-refractivity contribution in [1.29, 1.82) is 0 Å². The van der Waals surface area contributed by atoms with E-state index in [2.05, 4.69) is 92.5 Å². The lowest BCUT2D eigenvalue weighted by Crippen LogP contribution is -2.36. The molecule has 3 aromatic carbocycles. The van der Waals surface area contributed by atoms with E-state index in [0.29, 0.717) is 23.2 Å². The first-order chi connectivity index (χ1) is 23.8. The molecule has 48 heavy (non-hydrogen) atoms. The van der Waals surface area contributed by atoms with E-state index in [9.17, 15) is 0 Å². The quantitative estimate of drug-likeness (QED) is 0.187. The van der Waals surface area contributed by atoms with Gasteiger partial charge in [0.2, 0.25) is 0 Å². The summed E-state index contributed by atoms with van der Waals surface area (Å²) in [5.74, 6) is 2.53. The van der Waals surface area contributed by atoms with Gasteiger partial charge in [-0.2, -0.15) is 5.10 Å². The number of pyridine rings is 1. The minimum atomic E-state index is -0.455. The number of para-hydroxylation sites is 1. The third kappa shape index (κ3) is 3.86. The number of aromatic nitrogens is 6. The molecule has 0 saturated carbocycles. The molecule has 9 heteroatoms. The van der Waals surface area contributed by atoms with Crippen molar-refractivity contribution in [2.45, 2.75) is 5.41 Å². The number of nitrogens with zero attached hydrogens (tertiary/aromatic N) is 7. The summed E-state index contributed by atoms with van der Waals surface area (Å²) in [6, 6.07) is 39.5.